The molecule has 0 bridgehead atoms. The Balaban J connectivity index is 3.04. The van der Waals surface area contributed by atoms with Crippen LogP contribution in [0, 0.1) is 5.92 Å². The van der Waals surface area contributed by atoms with Gasteiger partial charge in [-0.25, -0.2) is 0 Å². The Morgan fingerprint density at radius 3 is 0.714 bits per heavy atom. The molecule has 0 heteroatoms. The summed E-state index contributed by atoms with van der Waals surface area (Å²) in [7, 11) is 0. The van der Waals surface area contributed by atoms with Crippen molar-refractivity contribution in [2.75, 3.05) is 0 Å². The minimum Gasteiger partial charge on any atom is -0.0654 e. The van der Waals surface area contributed by atoms with Crippen molar-refractivity contribution in [2.45, 2.75) is 220 Å². The van der Waals surface area contributed by atoms with E-state index in [1.54, 1.807) is 0 Å². The van der Waals surface area contributed by atoms with E-state index in [2.05, 4.69) is 20.8 Å². The van der Waals surface area contributed by atoms with Crippen LogP contribution in [0.5, 0.6) is 0 Å². The minimum atomic E-state index is 0.967. The molecule has 0 spiro atoms. The van der Waals surface area contributed by atoms with Gasteiger partial charge < -0.3 is 0 Å². The maximum Gasteiger partial charge on any atom is -0.0443 e. The Morgan fingerprint density at radius 1 is 0.257 bits per heavy atom. The molecule has 0 saturated carbocycles. The Hall–Kier alpha value is 0. The van der Waals surface area contributed by atoms with Gasteiger partial charge in [-0.15, -0.1) is 0 Å². The highest BCUT2D eigenvalue weighted by atomic mass is 14.1. The van der Waals surface area contributed by atoms with E-state index in [-0.39, 0.29) is 0 Å². The van der Waals surface area contributed by atoms with E-state index in [1.165, 1.54) is 199 Å². The van der Waals surface area contributed by atoms with E-state index >= 15 is 0 Å². The SMILES string of the molecule is CCCCCCCCCCCCCCCCCCCCCCCCCCCCC[C@@H](C)CCCC. The van der Waals surface area contributed by atoms with Gasteiger partial charge in [-0.05, 0) is 5.92 Å². The molecule has 0 aromatic heterocycles. The van der Waals surface area contributed by atoms with E-state index in [9.17, 15) is 0 Å². The summed E-state index contributed by atoms with van der Waals surface area (Å²) >= 11 is 0. The fourth-order valence-corrected chi connectivity index (χ4v) is 5.68. The van der Waals surface area contributed by atoms with Crippen molar-refractivity contribution >= 4 is 0 Å². The van der Waals surface area contributed by atoms with Gasteiger partial charge in [-0.3, -0.25) is 0 Å². The summed E-state index contributed by atoms with van der Waals surface area (Å²) in [5, 5.41) is 0. The van der Waals surface area contributed by atoms with Crippen LogP contribution in [-0.4, -0.2) is 0 Å². The molecule has 0 aliphatic carbocycles. The predicted octanol–water partition coefficient (Wildman–Crippen LogP) is 13.8. The van der Waals surface area contributed by atoms with Crippen molar-refractivity contribution in [3.05, 3.63) is 0 Å². The highest BCUT2D eigenvalue weighted by Crippen LogP contribution is 2.18. The van der Waals surface area contributed by atoms with Gasteiger partial charge in [-0.2, -0.15) is 0 Å². The van der Waals surface area contributed by atoms with E-state index in [0.29, 0.717) is 0 Å². The summed E-state index contributed by atoms with van der Waals surface area (Å²) in [6.07, 6.45) is 45.8. The molecule has 0 aliphatic rings. The van der Waals surface area contributed by atoms with Crippen molar-refractivity contribution in [2.24, 2.45) is 5.92 Å². The van der Waals surface area contributed by atoms with E-state index < -0.39 is 0 Å². The van der Waals surface area contributed by atoms with Crippen molar-refractivity contribution < 1.29 is 0 Å². The third-order valence-corrected chi connectivity index (χ3v) is 8.35. The molecule has 0 aromatic carbocycles. The molecule has 0 nitrogen and oxygen atoms in total. The summed E-state index contributed by atoms with van der Waals surface area (Å²) in [6.45, 7) is 7.08. The fourth-order valence-electron chi connectivity index (χ4n) is 5.68. The van der Waals surface area contributed by atoms with E-state index in [4.69, 9.17) is 0 Å². The van der Waals surface area contributed by atoms with Crippen molar-refractivity contribution in [1.29, 1.82) is 0 Å². The predicted molar refractivity (Wildman–Crippen MR) is 164 cm³/mol. The quantitative estimate of drug-likeness (QED) is 0.0844. The summed E-state index contributed by atoms with van der Waals surface area (Å²) in [5.74, 6) is 0.967. The maximum absolute atomic E-state index is 2.45. The lowest BCUT2D eigenvalue weighted by atomic mass is 9.97. The molecule has 1 atom stereocenters. The third-order valence-electron chi connectivity index (χ3n) is 8.35. The van der Waals surface area contributed by atoms with Crippen LogP contribution in [-0.2, 0) is 0 Å². The molecule has 35 heavy (non-hydrogen) atoms. The fraction of sp³-hybridized carbons (Fsp3) is 1.00. The molecule has 0 unspecified atom stereocenters. The largest absolute Gasteiger partial charge is 0.0654 e. The Labute approximate surface area is 225 Å². The minimum absolute atomic E-state index is 0.967. The summed E-state index contributed by atoms with van der Waals surface area (Å²) in [5.41, 5.74) is 0. The standard InChI is InChI=1S/C35H72/c1-4-6-8-9-10-11-12-13-14-15-16-17-18-19-20-21-22-23-24-25-26-27-28-29-30-31-32-34-35(3)33-7-5-2/h35H,4-34H2,1-3H3/t35-/m0/s1. The molecule has 0 aliphatic heterocycles. The highest BCUT2D eigenvalue weighted by Gasteiger charge is 2.01. The first-order valence-corrected chi connectivity index (χ1v) is 17.3. The lowest BCUT2D eigenvalue weighted by Gasteiger charge is -2.10. The number of hydrogen-bond donors (Lipinski definition) is 0. The first kappa shape index (κ1) is 35.0. The maximum atomic E-state index is 2.45. The van der Waals surface area contributed by atoms with Gasteiger partial charge in [-0.1, -0.05) is 220 Å². The second-order valence-corrected chi connectivity index (χ2v) is 12.2. The van der Waals surface area contributed by atoms with Crippen molar-refractivity contribution in [1.82, 2.24) is 0 Å². The Kier molecular flexibility index (Phi) is 32.0. The van der Waals surface area contributed by atoms with Gasteiger partial charge in [0.1, 0.15) is 0 Å². The van der Waals surface area contributed by atoms with E-state index in [1.807, 2.05) is 0 Å². The Bertz CT molecular complexity index is 346. The number of unbranched alkanes of at least 4 members (excludes halogenated alkanes) is 27. The third kappa shape index (κ3) is 32.0. The molecular formula is C35H72. The molecule has 0 amide bonds. The average molecular weight is 493 g/mol. The lowest BCUT2D eigenvalue weighted by Crippen LogP contribution is -1.94. The summed E-state index contributed by atoms with van der Waals surface area (Å²) < 4.78 is 0. The number of rotatable bonds is 31. The monoisotopic (exact) mass is 493 g/mol. The molecule has 212 valence electrons. The van der Waals surface area contributed by atoms with Crippen molar-refractivity contribution in [3.63, 3.8) is 0 Å². The van der Waals surface area contributed by atoms with Crippen LogP contribution < -0.4 is 0 Å². The van der Waals surface area contributed by atoms with Gasteiger partial charge in [0.25, 0.3) is 0 Å². The van der Waals surface area contributed by atoms with Gasteiger partial charge in [0.05, 0.1) is 0 Å². The summed E-state index contributed by atoms with van der Waals surface area (Å²) in [4.78, 5) is 0. The zero-order valence-corrected chi connectivity index (χ0v) is 25.5. The second-order valence-electron chi connectivity index (χ2n) is 12.2. The van der Waals surface area contributed by atoms with Crippen LogP contribution in [0.1, 0.15) is 220 Å². The molecule has 0 fully saturated rings. The lowest BCUT2D eigenvalue weighted by molar-refractivity contribution is 0.440. The van der Waals surface area contributed by atoms with Gasteiger partial charge >= 0.3 is 0 Å². The normalized spacial score (nSPS) is 12.4. The average Bonchev–Trinajstić information content (AvgIpc) is 2.87. The van der Waals surface area contributed by atoms with E-state index in [0.717, 1.165) is 5.92 Å². The first-order valence-electron chi connectivity index (χ1n) is 17.3. The molecular weight excluding hydrogens is 420 g/mol. The van der Waals surface area contributed by atoms with Crippen LogP contribution in [0.15, 0.2) is 0 Å². The zero-order chi connectivity index (χ0) is 25.5. The summed E-state index contributed by atoms with van der Waals surface area (Å²) in [6, 6.07) is 0. The molecule has 0 N–H and O–H groups in total. The molecule has 0 aromatic rings. The van der Waals surface area contributed by atoms with Gasteiger partial charge in [0.2, 0.25) is 0 Å². The highest BCUT2D eigenvalue weighted by molar-refractivity contribution is 4.55. The second kappa shape index (κ2) is 32.0. The first-order chi connectivity index (χ1) is 17.3. The molecule has 0 radical (unpaired) electrons. The topological polar surface area (TPSA) is 0 Å². The van der Waals surface area contributed by atoms with Crippen LogP contribution in [0.2, 0.25) is 0 Å². The van der Waals surface area contributed by atoms with Crippen LogP contribution in [0.3, 0.4) is 0 Å². The zero-order valence-electron chi connectivity index (χ0n) is 25.5. The van der Waals surface area contributed by atoms with Gasteiger partial charge in [0.15, 0.2) is 0 Å². The van der Waals surface area contributed by atoms with Crippen molar-refractivity contribution in [3.8, 4) is 0 Å². The molecule has 0 saturated heterocycles. The van der Waals surface area contributed by atoms with Crippen LogP contribution in [0.25, 0.3) is 0 Å². The smallest absolute Gasteiger partial charge is 0.0443 e. The Morgan fingerprint density at radius 2 is 0.457 bits per heavy atom. The molecule has 0 heterocycles. The van der Waals surface area contributed by atoms with Crippen LogP contribution >= 0.6 is 0 Å². The molecule has 0 rings (SSSR count). The van der Waals surface area contributed by atoms with Crippen LogP contribution in [0.4, 0.5) is 0 Å². The van der Waals surface area contributed by atoms with Gasteiger partial charge in [0, 0.05) is 0 Å². The number of hydrogen-bond acceptors (Lipinski definition) is 0.